The Bertz CT molecular complexity index is 562. The van der Waals surface area contributed by atoms with Gasteiger partial charge in [0.2, 0.25) is 0 Å². The first-order valence-electron chi connectivity index (χ1n) is 12.3. The first kappa shape index (κ1) is 23.7. The summed E-state index contributed by atoms with van der Waals surface area (Å²) in [6.07, 6.45) is 16.3. The van der Waals surface area contributed by atoms with Crippen LogP contribution in [0.4, 0.5) is 11.4 Å². The predicted octanol–water partition coefficient (Wildman–Crippen LogP) is 9.05. The van der Waals surface area contributed by atoms with Crippen LogP contribution in [0.25, 0.3) is 0 Å². The Morgan fingerprint density at radius 3 is 1.17 bits per heavy atom. The topological polar surface area (TPSA) is 0 Å². The van der Waals surface area contributed by atoms with Gasteiger partial charge in [-0.3, -0.25) is 4.48 Å². The van der Waals surface area contributed by atoms with Crippen LogP contribution >= 0.6 is 0 Å². The number of nitrogens with zero attached hydrogens (tertiary/aromatic N) is 1. The van der Waals surface area contributed by atoms with Gasteiger partial charge in [-0.05, 0) is 49.9 Å². The average Bonchev–Trinajstić information content (AvgIpc) is 2.78. The molecule has 0 N–H and O–H groups in total. The Morgan fingerprint density at radius 1 is 0.448 bits per heavy atom. The maximum Gasteiger partial charge on any atom is 0.137 e. The van der Waals surface area contributed by atoms with Gasteiger partial charge in [-0.25, -0.2) is 0 Å². The van der Waals surface area contributed by atoms with Gasteiger partial charge in [0, 0.05) is 0 Å². The lowest BCUT2D eigenvalue weighted by atomic mass is 10.0. The van der Waals surface area contributed by atoms with Gasteiger partial charge in [0.05, 0.1) is 13.1 Å². The highest BCUT2D eigenvalue weighted by atomic mass is 15.4. The second-order valence-electron chi connectivity index (χ2n) is 8.62. The third-order valence-electron chi connectivity index (χ3n) is 6.29. The zero-order valence-corrected chi connectivity index (χ0v) is 19.1. The van der Waals surface area contributed by atoms with E-state index in [-0.39, 0.29) is 0 Å². The first-order valence-corrected chi connectivity index (χ1v) is 12.3. The number of benzene rings is 2. The largest absolute Gasteiger partial charge is 0.259 e. The molecule has 0 aliphatic heterocycles. The van der Waals surface area contributed by atoms with E-state index in [1.807, 2.05) is 0 Å². The molecule has 0 atom stereocenters. The van der Waals surface area contributed by atoms with Crippen LogP contribution in [0.5, 0.6) is 0 Å². The molecule has 29 heavy (non-hydrogen) atoms. The standard InChI is InChI=1S/C28H44N/c1-3-5-7-9-11-19-25-29(27-21-15-13-16-22-27,28-23-17-14-18-24-28)26-20-12-10-8-6-4-2/h13-18,21-24H,3-12,19-20,25-26H2,1-2H3/q+1. The second kappa shape index (κ2) is 14.4. The van der Waals surface area contributed by atoms with Crippen molar-refractivity contribution in [3.63, 3.8) is 0 Å². The van der Waals surface area contributed by atoms with Gasteiger partial charge in [0.25, 0.3) is 0 Å². The van der Waals surface area contributed by atoms with Crippen LogP contribution in [0, 0.1) is 0 Å². The number of quaternary nitrogens is 1. The molecule has 0 unspecified atom stereocenters. The maximum atomic E-state index is 2.35. The molecule has 2 aromatic carbocycles. The van der Waals surface area contributed by atoms with Crippen molar-refractivity contribution in [2.45, 2.75) is 90.9 Å². The summed E-state index contributed by atoms with van der Waals surface area (Å²) in [6.45, 7) is 7.03. The van der Waals surface area contributed by atoms with Gasteiger partial charge in [-0.1, -0.05) is 102 Å². The fourth-order valence-electron chi connectivity index (χ4n) is 4.53. The van der Waals surface area contributed by atoms with Crippen molar-refractivity contribution in [1.29, 1.82) is 0 Å². The first-order chi connectivity index (χ1) is 14.3. The van der Waals surface area contributed by atoms with Gasteiger partial charge in [-0.15, -0.1) is 0 Å². The molecule has 160 valence electrons. The molecule has 0 saturated carbocycles. The molecule has 0 aliphatic rings. The molecule has 0 bridgehead atoms. The number of unbranched alkanes of at least 4 members (excludes halogenated alkanes) is 10. The molecule has 2 rings (SSSR count). The Hall–Kier alpha value is -1.60. The fourth-order valence-corrected chi connectivity index (χ4v) is 4.53. The van der Waals surface area contributed by atoms with E-state index >= 15 is 0 Å². The number of hydrogen-bond acceptors (Lipinski definition) is 0. The minimum Gasteiger partial charge on any atom is -0.259 e. The number of hydrogen-bond donors (Lipinski definition) is 0. The zero-order chi connectivity index (χ0) is 20.6. The smallest absolute Gasteiger partial charge is 0.137 e. The van der Waals surface area contributed by atoms with E-state index in [0.717, 1.165) is 4.48 Å². The normalized spacial score (nSPS) is 11.7. The number of para-hydroxylation sites is 2. The molecule has 0 aliphatic carbocycles. The molecular weight excluding hydrogens is 350 g/mol. The molecule has 0 aromatic heterocycles. The molecule has 0 heterocycles. The molecule has 0 fully saturated rings. The van der Waals surface area contributed by atoms with Crippen molar-refractivity contribution in [2.75, 3.05) is 13.1 Å². The lowest BCUT2D eigenvalue weighted by Crippen LogP contribution is -2.46. The molecule has 1 nitrogen and oxygen atoms in total. The van der Waals surface area contributed by atoms with E-state index in [9.17, 15) is 0 Å². The van der Waals surface area contributed by atoms with E-state index in [2.05, 4.69) is 74.5 Å². The Labute approximate surface area is 180 Å². The summed E-state index contributed by atoms with van der Waals surface area (Å²) in [6, 6.07) is 22.6. The summed E-state index contributed by atoms with van der Waals surface area (Å²) in [4.78, 5) is 0. The maximum absolute atomic E-state index is 2.35. The van der Waals surface area contributed by atoms with Crippen molar-refractivity contribution in [3.05, 3.63) is 60.7 Å². The Morgan fingerprint density at radius 2 is 0.793 bits per heavy atom. The van der Waals surface area contributed by atoms with Crippen LogP contribution in [0.15, 0.2) is 60.7 Å². The van der Waals surface area contributed by atoms with Gasteiger partial charge in [0.15, 0.2) is 0 Å². The SMILES string of the molecule is CCCCCCCC[N+](CCCCCCCC)(c1ccccc1)c1ccccc1. The summed E-state index contributed by atoms with van der Waals surface area (Å²) in [7, 11) is 0. The summed E-state index contributed by atoms with van der Waals surface area (Å²) in [5, 5.41) is 0. The van der Waals surface area contributed by atoms with Gasteiger partial charge >= 0.3 is 0 Å². The average molecular weight is 395 g/mol. The van der Waals surface area contributed by atoms with Crippen LogP contribution in [0.3, 0.4) is 0 Å². The van der Waals surface area contributed by atoms with E-state index in [0.29, 0.717) is 0 Å². The van der Waals surface area contributed by atoms with E-state index < -0.39 is 0 Å². The molecule has 0 amide bonds. The summed E-state index contributed by atoms with van der Waals surface area (Å²) in [5.41, 5.74) is 2.92. The van der Waals surface area contributed by atoms with E-state index in [1.165, 1.54) is 102 Å². The monoisotopic (exact) mass is 394 g/mol. The molecule has 1 heteroatoms. The predicted molar refractivity (Wildman–Crippen MR) is 131 cm³/mol. The Kier molecular flexibility index (Phi) is 11.8. The van der Waals surface area contributed by atoms with E-state index in [1.54, 1.807) is 0 Å². The molecule has 2 aromatic rings. The van der Waals surface area contributed by atoms with E-state index in [4.69, 9.17) is 0 Å². The van der Waals surface area contributed by atoms with Gasteiger partial charge in [0.1, 0.15) is 11.4 Å². The van der Waals surface area contributed by atoms with Crippen molar-refractivity contribution in [3.8, 4) is 0 Å². The summed E-state index contributed by atoms with van der Waals surface area (Å²) < 4.78 is 1.02. The molecule has 0 spiro atoms. The molecule has 0 saturated heterocycles. The lowest BCUT2D eigenvalue weighted by Gasteiger charge is -2.38. The van der Waals surface area contributed by atoms with Gasteiger partial charge < -0.3 is 0 Å². The highest BCUT2D eigenvalue weighted by Gasteiger charge is 2.32. The van der Waals surface area contributed by atoms with Gasteiger partial charge in [-0.2, -0.15) is 0 Å². The number of rotatable bonds is 16. The highest BCUT2D eigenvalue weighted by Crippen LogP contribution is 2.36. The minimum atomic E-state index is 1.02. The Balaban J connectivity index is 2.13. The van der Waals surface area contributed by atoms with Crippen molar-refractivity contribution >= 4 is 11.4 Å². The molecular formula is C28H44N+. The van der Waals surface area contributed by atoms with Crippen molar-refractivity contribution in [1.82, 2.24) is 4.48 Å². The van der Waals surface area contributed by atoms with Crippen LogP contribution in [-0.4, -0.2) is 13.1 Å². The summed E-state index contributed by atoms with van der Waals surface area (Å²) >= 11 is 0. The van der Waals surface area contributed by atoms with Crippen LogP contribution in [-0.2, 0) is 0 Å². The third-order valence-corrected chi connectivity index (χ3v) is 6.29. The van der Waals surface area contributed by atoms with Crippen LogP contribution in [0.1, 0.15) is 90.9 Å². The minimum absolute atomic E-state index is 1.02. The van der Waals surface area contributed by atoms with Crippen molar-refractivity contribution < 1.29 is 0 Å². The lowest BCUT2D eigenvalue weighted by molar-refractivity contribution is 0.354. The summed E-state index contributed by atoms with van der Waals surface area (Å²) in [5.74, 6) is 0. The van der Waals surface area contributed by atoms with Crippen LogP contribution < -0.4 is 4.48 Å². The van der Waals surface area contributed by atoms with Crippen LogP contribution in [0.2, 0.25) is 0 Å². The highest BCUT2D eigenvalue weighted by molar-refractivity contribution is 5.58. The van der Waals surface area contributed by atoms with Crippen molar-refractivity contribution in [2.24, 2.45) is 0 Å². The molecule has 0 radical (unpaired) electrons. The zero-order valence-electron chi connectivity index (χ0n) is 19.1. The third kappa shape index (κ3) is 7.97. The fraction of sp³-hybridized carbons (Fsp3) is 0.571. The second-order valence-corrected chi connectivity index (χ2v) is 8.62. The quantitative estimate of drug-likeness (QED) is 0.197.